The standard InChI is InChI=1S/2C12H16NO4.2CH4O.CH3O.4Ho.5NO3.3H2O/c2*1-16-11-4-2-3-10(12(11)15)9-13-5-7-17-8-6-14;3*1-2;;;;;5*2-1(3)4;;;/h2*2-4,9,15H,5-8H2,1H3;2*2H,1H3;1H3;;;;;;;;;;3*1H2/q2*-1;;;-1;4*+3;5*-1;;;/p-3. The molecule has 0 aliphatic carbocycles. The maximum Gasteiger partial charge on any atom is 3.00 e. The number of aliphatic hydroxyl groups excluding tert-OH is 2. The van der Waals surface area contributed by atoms with Gasteiger partial charge in [0.15, 0.2) is 0 Å². The van der Waals surface area contributed by atoms with Gasteiger partial charge in [0.25, 0.3) is 0 Å². The fraction of sp³-hybridized carbons (Fsp3) is 0.481. The molecule has 0 spiro atoms. The van der Waals surface area contributed by atoms with E-state index in [1.54, 1.807) is 36.4 Å². The van der Waals surface area contributed by atoms with E-state index < -0.39 is 25.4 Å². The van der Waals surface area contributed by atoms with E-state index in [9.17, 15) is 20.4 Å². The molecule has 67 heavy (non-hydrogen) atoms. The Balaban J connectivity index is -0.0000000386. The number of ether oxygens (including phenoxy) is 4. The average molecular weight is 1590 g/mol. The number of nitrogens with zero attached hydrogens (tertiary/aromatic N) is 7. The second-order valence-corrected chi connectivity index (χ2v) is 7.58. The zero-order chi connectivity index (χ0) is 48.9. The molecule has 0 radical (unpaired) electrons. The van der Waals surface area contributed by atoms with Crippen LogP contribution in [0.3, 0.4) is 0 Å². The van der Waals surface area contributed by atoms with E-state index in [0.29, 0.717) is 48.9 Å². The molecule has 0 atom stereocenters. The predicted molar refractivity (Wildman–Crippen MR) is 204 cm³/mol. The van der Waals surface area contributed by atoms with Crippen LogP contribution < -0.4 is 35.0 Å². The molecule has 2 rings (SSSR count). The third kappa shape index (κ3) is 116. The number of aliphatic hydroxyl groups is 2. The zero-order valence-electron chi connectivity index (χ0n) is 34.8. The Labute approximate surface area is 499 Å². The first-order valence-electron chi connectivity index (χ1n) is 14.6. The van der Waals surface area contributed by atoms with Crippen LogP contribution in [0.2, 0.25) is 0 Å². The van der Waals surface area contributed by atoms with E-state index in [4.69, 9.17) is 111 Å². The van der Waals surface area contributed by atoms with Gasteiger partial charge in [0.2, 0.25) is 0 Å². The number of hydrogen-bond donors (Lipinski definition) is 2. The molecule has 2 aromatic rings. The molecule has 36 nitrogen and oxygen atoms in total. The SMILES string of the molecule is CO.CO.COc1cccc(C=NCCOCC[O-])c1[O-].COc1cccc(C=NCCOCC[O-])c1[O-].C[O-].O=[N+]([O-])[O-].O=[N+]([O-])[O-].O=[N+]([O-])[O-].O=[N+]([O-])[O-].O=[N+]([O-])[O-].[Ho+3].[Ho+3].[Ho+3].[Ho+3].[OH-].[OH-].[OH3+]. The van der Waals surface area contributed by atoms with E-state index in [1.807, 2.05) is 0 Å². The smallest absolute Gasteiger partial charge is 0.870 e. The molecule has 0 saturated heterocycles. The van der Waals surface area contributed by atoms with Crippen LogP contribution in [0.25, 0.3) is 0 Å². The van der Waals surface area contributed by atoms with Gasteiger partial charge < -0.3 is 148 Å². The van der Waals surface area contributed by atoms with Gasteiger partial charge >= 0.3 is 151 Å². The molecule has 0 amide bonds. The predicted octanol–water partition coefficient (Wildman–Crippen LogP) is -5.15. The van der Waals surface area contributed by atoms with Gasteiger partial charge in [-0.3, -0.25) is 9.98 Å². The Hall–Kier alpha value is -2.38. The summed E-state index contributed by atoms with van der Waals surface area (Å²) in [6, 6.07) is 10.0. The fourth-order valence-electron chi connectivity index (χ4n) is 2.47. The summed E-state index contributed by atoms with van der Waals surface area (Å²) in [6.45, 7) is 1.53. The molecule has 406 valence electrons. The van der Waals surface area contributed by atoms with Gasteiger partial charge in [0.05, 0.1) is 66.0 Å². The summed E-state index contributed by atoms with van der Waals surface area (Å²) in [5.74, 6) is 0.242. The van der Waals surface area contributed by atoms with Gasteiger partial charge in [-0.1, -0.05) is 35.8 Å². The van der Waals surface area contributed by atoms with Gasteiger partial charge in [0.1, 0.15) is 11.5 Å². The summed E-state index contributed by atoms with van der Waals surface area (Å²) in [5.41, 5.74) is 0.960. The van der Waals surface area contributed by atoms with Crippen LogP contribution in [0.1, 0.15) is 11.1 Å². The van der Waals surface area contributed by atoms with Crippen molar-refractivity contribution in [3.8, 4) is 23.0 Å². The minimum absolute atomic E-state index is 0. The van der Waals surface area contributed by atoms with E-state index in [0.717, 1.165) is 21.3 Å². The molecule has 0 aliphatic rings. The summed E-state index contributed by atoms with van der Waals surface area (Å²) < 4.78 is 19.8. The van der Waals surface area contributed by atoms with Crippen LogP contribution >= 0.6 is 0 Å². The second kappa shape index (κ2) is 90.1. The molecular weight excluding hydrogens is 1550 g/mol. The van der Waals surface area contributed by atoms with Crippen molar-refractivity contribution in [2.24, 2.45) is 9.98 Å². The van der Waals surface area contributed by atoms with Crippen LogP contribution in [0.5, 0.6) is 23.0 Å². The monoisotopic (exact) mass is 1590 g/mol. The third-order valence-electron chi connectivity index (χ3n) is 4.10. The molecular formula is C27H46Ho4N7O29+. The minimum atomic E-state index is -1.75. The molecule has 0 unspecified atom stereocenters. The molecule has 40 heteroatoms. The van der Waals surface area contributed by atoms with Crippen molar-refractivity contribution in [2.45, 2.75) is 0 Å². The Kier molecular flexibility index (Phi) is 143. The fourth-order valence-corrected chi connectivity index (χ4v) is 2.47. The average Bonchev–Trinajstić information content (AvgIpc) is 3.17. The minimum Gasteiger partial charge on any atom is -0.870 e. The molecule has 0 aromatic heterocycles. The molecule has 0 heterocycles. The largest absolute Gasteiger partial charge is 3.00 e. The third-order valence-corrected chi connectivity index (χ3v) is 4.10. The van der Waals surface area contributed by atoms with Crippen LogP contribution in [0, 0.1) is 228 Å². The molecule has 7 N–H and O–H groups in total. The van der Waals surface area contributed by atoms with Crippen molar-refractivity contribution in [1.29, 1.82) is 0 Å². The van der Waals surface area contributed by atoms with Gasteiger partial charge in [-0.15, -0.1) is 13.2 Å². The molecule has 0 fully saturated rings. The van der Waals surface area contributed by atoms with Crippen LogP contribution in [-0.4, -0.2) is 147 Å². The van der Waals surface area contributed by atoms with Gasteiger partial charge in [0, 0.05) is 39.9 Å². The molecule has 0 saturated carbocycles. The van der Waals surface area contributed by atoms with Gasteiger partial charge in [-0.05, 0) is 23.3 Å². The quantitative estimate of drug-likeness (QED) is 0.0446. The molecule has 0 bridgehead atoms. The summed E-state index contributed by atoms with van der Waals surface area (Å²) in [6.07, 6.45) is 2.98. The van der Waals surface area contributed by atoms with Crippen molar-refractivity contribution < 1.29 is 248 Å². The summed E-state index contributed by atoms with van der Waals surface area (Å²) in [7, 11) is 5.66. The summed E-state index contributed by atoms with van der Waals surface area (Å²) in [4.78, 5) is 49.3. The number of aliphatic imine (C=N–C) groups is 2. The number of methoxy groups -OCH3 is 2. The van der Waals surface area contributed by atoms with Crippen molar-refractivity contribution in [3.05, 3.63) is 124 Å². The van der Waals surface area contributed by atoms with Crippen molar-refractivity contribution in [1.82, 2.24) is 0 Å². The first kappa shape index (κ1) is 106. The Bertz CT molecular complexity index is 1240. The number of para-hydroxylation sites is 2. The maximum atomic E-state index is 11.7. The number of hydrogen-bond acceptors (Lipinski definition) is 30. The summed E-state index contributed by atoms with van der Waals surface area (Å²) in [5, 5.41) is 140. The summed E-state index contributed by atoms with van der Waals surface area (Å²) >= 11 is 0. The topological polar surface area (TPSA) is 641 Å². The maximum absolute atomic E-state index is 11.7. The first-order valence-corrected chi connectivity index (χ1v) is 14.6. The molecule has 2 aromatic carbocycles. The number of benzene rings is 2. The van der Waals surface area contributed by atoms with Crippen molar-refractivity contribution >= 4 is 12.4 Å². The van der Waals surface area contributed by atoms with E-state index in [-0.39, 0.29) is 205 Å². The van der Waals surface area contributed by atoms with E-state index >= 15 is 0 Å². The van der Waals surface area contributed by atoms with E-state index in [1.165, 1.54) is 26.6 Å². The second-order valence-electron chi connectivity index (χ2n) is 7.58. The van der Waals surface area contributed by atoms with Gasteiger partial charge in [-0.25, -0.2) is 0 Å². The van der Waals surface area contributed by atoms with Gasteiger partial charge in [-0.2, -0.15) is 7.11 Å². The van der Waals surface area contributed by atoms with Crippen molar-refractivity contribution in [3.63, 3.8) is 0 Å². The normalized spacial score (nSPS) is 7.61. The zero-order valence-corrected chi connectivity index (χ0v) is 42.5. The van der Waals surface area contributed by atoms with Crippen LogP contribution in [0.15, 0.2) is 46.4 Å². The first-order chi connectivity index (χ1) is 28.2. The van der Waals surface area contributed by atoms with Crippen LogP contribution in [0.4, 0.5) is 0 Å². The Morgan fingerprint density at radius 1 is 0.507 bits per heavy atom. The van der Waals surface area contributed by atoms with Crippen molar-refractivity contribution in [2.75, 3.05) is 88.3 Å². The number of rotatable bonds is 14. The Morgan fingerprint density at radius 3 is 0.896 bits per heavy atom. The van der Waals surface area contributed by atoms with E-state index in [2.05, 4.69) is 9.98 Å². The molecule has 0 aliphatic heterocycles. The van der Waals surface area contributed by atoms with Crippen LogP contribution in [-0.2, 0) is 14.9 Å². The Morgan fingerprint density at radius 2 is 0.716 bits per heavy atom.